The van der Waals surface area contributed by atoms with Gasteiger partial charge in [0.15, 0.2) is 0 Å². The van der Waals surface area contributed by atoms with Gasteiger partial charge in [0.2, 0.25) is 5.91 Å². The summed E-state index contributed by atoms with van der Waals surface area (Å²) in [6.45, 7) is 4.00. The van der Waals surface area contributed by atoms with E-state index in [1.165, 1.54) is 11.3 Å². The van der Waals surface area contributed by atoms with Crippen LogP contribution in [0.4, 0.5) is 5.69 Å². The lowest BCUT2D eigenvalue weighted by atomic mass is 10.1. The number of rotatable bonds is 6. The highest BCUT2D eigenvalue weighted by Gasteiger charge is 2.11. The first-order chi connectivity index (χ1) is 13.0. The number of benzene rings is 2. The van der Waals surface area contributed by atoms with Crippen molar-refractivity contribution in [2.45, 2.75) is 26.9 Å². The number of hydrogen-bond acceptors (Lipinski definition) is 5. The molecule has 0 saturated carbocycles. The molecule has 1 amide bonds. The molecule has 3 aromatic rings. The number of aromatic nitrogens is 1. The Morgan fingerprint density at radius 2 is 1.85 bits per heavy atom. The van der Waals surface area contributed by atoms with Gasteiger partial charge in [-0.3, -0.25) is 4.79 Å². The van der Waals surface area contributed by atoms with Crippen LogP contribution >= 0.6 is 11.3 Å². The standard InChI is InChI=1S/C21H20N2O3S/c1-14-6-8-17(9-7-14)22-19(24)11-20-23-18(13-27-20)12-26-21(25)16-5-3-4-15(2)10-16/h3-10,13H,11-12H2,1-2H3,(H,22,24). The van der Waals surface area contributed by atoms with E-state index in [1.807, 2.05) is 50.2 Å². The summed E-state index contributed by atoms with van der Waals surface area (Å²) in [5.74, 6) is -0.512. The number of nitrogens with zero attached hydrogens (tertiary/aromatic N) is 1. The summed E-state index contributed by atoms with van der Waals surface area (Å²) >= 11 is 1.38. The summed E-state index contributed by atoms with van der Waals surface area (Å²) < 4.78 is 5.30. The lowest BCUT2D eigenvalue weighted by molar-refractivity contribution is -0.115. The highest BCUT2D eigenvalue weighted by atomic mass is 32.1. The topological polar surface area (TPSA) is 68.3 Å². The van der Waals surface area contributed by atoms with E-state index < -0.39 is 0 Å². The van der Waals surface area contributed by atoms with Gasteiger partial charge in [-0.1, -0.05) is 35.4 Å². The number of anilines is 1. The van der Waals surface area contributed by atoms with Crippen LogP contribution < -0.4 is 5.32 Å². The first kappa shape index (κ1) is 18.8. The van der Waals surface area contributed by atoms with Gasteiger partial charge in [0, 0.05) is 11.1 Å². The summed E-state index contributed by atoms with van der Waals surface area (Å²) in [6.07, 6.45) is 0.185. The second-order valence-electron chi connectivity index (χ2n) is 6.27. The Bertz CT molecular complexity index is 948. The summed E-state index contributed by atoms with van der Waals surface area (Å²) in [7, 11) is 0. The van der Waals surface area contributed by atoms with Crippen LogP contribution in [-0.2, 0) is 22.6 Å². The molecule has 5 nitrogen and oxygen atoms in total. The van der Waals surface area contributed by atoms with Crippen LogP contribution in [-0.4, -0.2) is 16.9 Å². The van der Waals surface area contributed by atoms with E-state index in [-0.39, 0.29) is 24.9 Å². The number of nitrogens with one attached hydrogen (secondary N) is 1. The van der Waals surface area contributed by atoms with E-state index in [0.717, 1.165) is 16.8 Å². The number of hydrogen-bond donors (Lipinski definition) is 1. The van der Waals surface area contributed by atoms with Gasteiger partial charge in [0.25, 0.3) is 0 Å². The molecule has 0 bridgehead atoms. The van der Waals surface area contributed by atoms with Gasteiger partial charge >= 0.3 is 5.97 Å². The molecule has 1 aromatic heterocycles. The minimum atomic E-state index is -0.384. The van der Waals surface area contributed by atoms with Crippen molar-refractivity contribution in [3.63, 3.8) is 0 Å². The fourth-order valence-corrected chi connectivity index (χ4v) is 3.25. The Morgan fingerprint density at radius 1 is 1.07 bits per heavy atom. The van der Waals surface area contributed by atoms with E-state index in [2.05, 4.69) is 10.3 Å². The Morgan fingerprint density at radius 3 is 2.59 bits per heavy atom. The second-order valence-corrected chi connectivity index (χ2v) is 7.21. The van der Waals surface area contributed by atoms with Crippen LogP contribution in [0.25, 0.3) is 0 Å². The van der Waals surface area contributed by atoms with E-state index >= 15 is 0 Å². The zero-order chi connectivity index (χ0) is 19.2. The highest BCUT2D eigenvalue weighted by molar-refractivity contribution is 7.09. The smallest absolute Gasteiger partial charge is 0.338 e. The maximum absolute atomic E-state index is 12.1. The van der Waals surface area contributed by atoms with Gasteiger partial charge in [-0.15, -0.1) is 11.3 Å². The predicted molar refractivity (Wildman–Crippen MR) is 106 cm³/mol. The van der Waals surface area contributed by atoms with Gasteiger partial charge in [-0.2, -0.15) is 0 Å². The maximum Gasteiger partial charge on any atom is 0.338 e. The zero-order valence-corrected chi connectivity index (χ0v) is 16.0. The molecule has 0 spiro atoms. The van der Waals surface area contributed by atoms with Crippen LogP contribution in [0.2, 0.25) is 0 Å². The molecule has 0 saturated heterocycles. The quantitative estimate of drug-likeness (QED) is 0.648. The van der Waals surface area contributed by atoms with Crippen molar-refractivity contribution in [1.82, 2.24) is 4.98 Å². The molecule has 2 aromatic carbocycles. The lowest BCUT2D eigenvalue weighted by Crippen LogP contribution is -2.14. The number of thiazole rings is 1. The normalized spacial score (nSPS) is 10.4. The van der Waals surface area contributed by atoms with Gasteiger partial charge in [-0.05, 0) is 38.1 Å². The Balaban J connectivity index is 1.51. The number of aryl methyl sites for hydroxylation is 2. The predicted octanol–water partition coefficient (Wildman–Crippen LogP) is 4.30. The van der Waals surface area contributed by atoms with Crippen LogP contribution in [0.3, 0.4) is 0 Å². The summed E-state index contributed by atoms with van der Waals surface area (Å²) in [5.41, 5.74) is 4.05. The van der Waals surface area contributed by atoms with E-state index in [0.29, 0.717) is 16.3 Å². The molecule has 0 radical (unpaired) electrons. The molecule has 27 heavy (non-hydrogen) atoms. The van der Waals surface area contributed by atoms with Crippen molar-refractivity contribution in [2.24, 2.45) is 0 Å². The zero-order valence-electron chi connectivity index (χ0n) is 15.2. The third-order valence-corrected chi connectivity index (χ3v) is 4.75. The fourth-order valence-electron chi connectivity index (χ4n) is 2.47. The molecule has 3 rings (SSSR count). The summed E-state index contributed by atoms with van der Waals surface area (Å²) in [5, 5.41) is 5.33. The third kappa shape index (κ3) is 5.49. The molecular formula is C21H20N2O3S. The van der Waals surface area contributed by atoms with Crippen molar-refractivity contribution < 1.29 is 14.3 Å². The molecule has 0 unspecified atom stereocenters. The monoisotopic (exact) mass is 380 g/mol. The summed E-state index contributed by atoms with van der Waals surface area (Å²) in [4.78, 5) is 28.6. The molecule has 0 atom stereocenters. The largest absolute Gasteiger partial charge is 0.456 e. The average molecular weight is 380 g/mol. The molecule has 0 aliphatic carbocycles. The van der Waals surface area contributed by atoms with Crippen molar-refractivity contribution in [3.05, 3.63) is 81.3 Å². The number of carbonyl (C=O) groups excluding carboxylic acids is 2. The average Bonchev–Trinajstić information content (AvgIpc) is 3.09. The van der Waals surface area contributed by atoms with E-state index in [1.54, 1.807) is 17.5 Å². The first-order valence-electron chi connectivity index (χ1n) is 8.53. The number of ether oxygens (including phenoxy) is 1. The minimum Gasteiger partial charge on any atom is -0.456 e. The first-order valence-corrected chi connectivity index (χ1v) is 9.41. The SMILES string of the molecule is Cc1ccc(NC(=O)Cc2nc(COC(=O)c3cccc(C)c3)cs2)cc1. The number of esters is 1. The third-order valence-electron chi connectivity index (χ3n) is 3.85. The van der Waals surface area contributed by atoms with Crippen LogP contribution in [0.1, 0.15) is 32.2 Å². The minimum absolute atomic E-state index is 0.0862. The van der Waals surface area contributed by atoms with Crippen molar-refractivity contribution in [2.75, 3.05) is 5.32 Å². The lowest BCUT2D eigenvalue weighted by Gasteiger charge is -2.04. The van der Waals surface area contributed by atoms with Crippen molar-refractivity contribution in [1.29, 1.82) is 0 Å². The van der Waals surface area contributed by atoms with Gasteiger partial charge in [0.1, 0.15) is 11.6 Å². The maximum atomic E-state index is 12.1. The molecule has 1 N–H and O–H groups in total. The molecule has 138 valence electrons. The molecule has 1 heterocycles. The molecule has 0 fully saturated rings. The van der Waals surface area contributed by atoms with Crippen LogP contribution in [0.15, 0.2) is 53.9 Å². The Labute approximate surface area is 162 Å². The van der Waals surface area contributed by atoms with E-state index in [4.69, 9.17) is 4.74 Å². The van der Waals surface area contributed by atoms with Crippen LogP contribution in [0, 0.1) is 13.8 Å². The fraction of sp³-hybridized carbons (Fsp3) is 0.190. The number of carbonyl (C=O) groups is 2. The van der Waals surface area contributed by atoms with Gasteiger partial charge in [0.05, 0.1) is 17.7 Å². The molecule has 6 heteroatoms. The van der Waals surface area contributed by atoms with Gasteiger partial charge < -0.3 is 10.1 Å². The number of amides is 1. The molecular weight excluding hydrogens is 360 g/mol. The Kier molecular flexibility index (Phi) is 5.98. The van der Waals surface area contributed by atoms with Crippen LogP contribution in [0.5, 0.6) is 0 Å². The molecule has 0 aliphatic rings. The molecule has 0 aliphatic heterocycles. The van der Waals surface area contributed by atoms with Gasteiger partial charge in [-0.25, -0.2) is 9.78 Å². The van der Waals surface area contributed by atoms with E-state index in [9.17, 15) is 9.59 Å². The highest BCUT2D eigenvalue weighted by Crippen LogP contribution is 2.15. The summed E-state index contributed by atoms with van der Waals surface area (Å²) in [6, 6.07) is 14.9. The Hall–Kier alpha value is -2.99. The van der Waals surface area contributed by atoms with Crippen molar-refractivity contribution in [3.8, 4) is 0 Å². The van der Waals surface area contributed by atoms with Crippen molar-refractivity contribution >= 4 is 28.9 Å². The second kappa shape index (κ2) is 8.60.